The van der Waals surface area contributed by atoms with E-state index in [2.05, 4.69) is 16.9 Å². The van der Waals surface area contributed by atoms with E-state index < -0.39 is 0 Å². The zero-order valence-electron chi connectivity index (χ0n) is 8.81. The first-order valence-corrected chi connectivity index (χ1v) is 5.23. The molecule has 0 aromatic carbocycles. The topological polar surface area (TPSA) is 64.9 Å². The summed E-state index contributed by atoms with van der Waals surface area (Å²) >= 11 is 0. The average Bonchev–Trinajstić information content (AvgIpc) is 2.69. The Morgan fingerprint density at radius 3 is 3.13 bits per heavy atom. The van der Waals surface area contributed by atoms with E-state index in [9.17, 15) is 0 Å². The molecule has 0 amide bonds. The normalized spacial score (nSPS) is 13.2. The molecule has 1 atom stereocenters. The van der Waals surface area contributed by atoms with Gasteiger partial charge >= 0.3 is 0 Å². The highest BCUT2D eigenvalue weighted by molar-refractivity contribution is 5.66. The lowest BCUT2D eigenvalue weighted by molar-refractivity contribution is 0.464. The molecule has 2 rings (SSSR count). The van der Waals surface area contributed by atoms with Crippen LogP contribution in [0.25, 0.3) is 11.2 Å². The minimum Gasteiger partial charge on any atom is -0.439 e. The fourth-order valence-corrected chi connectivity index (χ4v) is 1.54. The van der Waals surface area contributed by atoms with E-state index in [1.54, 1.807) is 6.20 Å². The van der Waals surface area contributed by atoms with Crippen LogP contribution in [-0.4, -0.2) is 16.5 Å². The third-order valence-electron chi connectivity index (χ3n) is 2.44. The van der Waals surface area contributed by atoms with Crippen molar-refractivity contribution in [1.82, 2.24) is 9.97 Å². The Balaban J connectivity index is 2.20. The Hall–Kier alpha value is -1.42. The summed E-state index contributed by atoms with van der Waals surface area (Å²) in [7, 11) is 0. The Kier molecular flexibility index (Phi) is 2.97. The van der Waals surface area contributed by atoms with Gasteiger partial charge in [0.2, 0.25) is 0 Å². The van der Waals surface area contributed by atoms with Crippen LogP contribution in [0.1, 0.15) is 31.6 Å². The van der Waals surface area contributed by atoms with Gasteiger partial charge in [-0.1, -0.05) is 6.92 Å². The molecule has 0 aliphatic rings. The smallest absolute Gasteiger partial charge is 0.199 e. The predicted molar refractivity (Wildman–Crippen MR) is 58.5 cm³/mol. The molecule has 0 fully saturated rings. The van der Waals surface area contributed by atoms with Crippen molar-refractivity contribution in [2.24, 2.45) is 5.73 Å². The lowest BCUT2D eigenvalue weighted by Gasteiger charge is -2.04. The fraction of sp³-hybridized carbons (Fsp3) is 0.455. The molecule has 2 heterocycles. The summed E-state index contributed by atoms with van der Waals surface area (Å²) in [4.78, 5) is 8.48. The first-order valence-electron chi connectivity index (χ1n) is 5.23. The monoisotopic (exact) mass is 205 g/mol. The van der Waals surface area contributed by atoms with Gasteiger partial charge < -0.3 is 10.2 Å². The summed E-state index contributed by atoms with van der Waals surface area (Å²) < 4.78 is 5.61. The first kappa shape index (κ1) is 10.1. The van der Waals surface area contributed by atoms with Crippen molar-refractivity contribution in [3.8, 4) is 0 Å². The third-order valence-corrected chi connectivity index (χ3v) is 2.44. The molecule has 0 aliphatic carbocycles. The highest BCUT2D eigenvalue weighted by Crippen LogP contribution is 2.22. The minimum atomic E-state index is 0.308. The predicted octanol–water partition coefficient (Wildman–Crippen LogP) is 2.07. The molecular weight excluding hydrogens is 190 g/mol. The molecule has 0 saturated heterocycles. The zero-order chi connectivity index (χ0) is 10.7. The van der Waals surface area contributed by atoms with Gasteiger partial charge in [-0.05, 0) is 31.5 Å². The molecule has 1 unspecified atom stereocenters. The molecule has 0 aliphatic heterocycles. The van der Waals surface area contributed by atoms with Gasteiger partial charge in [-0.3, -0.25) is 0 Å². The van der Waals surface area contributed by atoms with E-state index >= 15 is 0 Å². The summed E-state index contributed by atoms with van der Waals surface area (Å²) in [6, 6.07) is 3.73. The molecule has 0 saturated carbocycles. The lowest BCUT2D eigenvalue weighted by Crippen LogP contribution is -2.02. The Bertz CT molecular complexity index is 405. The van der Waals surface area contributed by atoms with E-state index in [0.29, 0.717) is 18.1 Å². The number of hydrogen-bond acceptors (Lipinski definition) is 4. The summed E-state index contributed by atoms with van der Waals surface area (Å²) in [5.41, 5.74) is 6.91. The molecule has 15 heavy (non-hydrogen) atoms. The maximum atomic E-state index is 5.61. The molecule has 0 bridgehead atoms. The SMILES string of the molecule is CC(CCCN)c1nc2ncccc2o1. The molecule has 80 valence electrons. The van der Waals surface area contributed by atoms with Crippen molar-refractivity contribution in [2.45, 2.75) is 25.7 Å². The molecule has 0 radical (unpaired) electrons. The van der Waals surface area contributed by atoms with Gasteiger partial charge in [0.25, 0.3) is 0 Å². The molecule has 4 heteroatoms. The average molecular weight is 205 g/mol. The van der Waals surface area contributed by atoms with Crippen molar-refractivity contribution in [3.63, 3.8) is 0 Å². The maximum Gasteiger partial charge on any atom is 0.199 e. The summed E-state index contributed by atoms with van der Waals surface area (Å²) in [5.74, 6) is 1.07. The van der Waals surface area contributed by atoms with Crippen LogP contribution in [0.5, 0.6) is 0 Å². The summed E-state index contributed by atoms with van der Waals surface area (Å²) in [5, 5.41) is 0. The van der Waals surface area contributed by atoms with Gasteiger partial charge in [0.15, 0.2) is 17.1 Å². The van der Waals surface area contributed by atoms with Crippen molar-refractivity contribution < 1.29 is 4.42 Å². The van der Waals surface area contributed by atoms with Crippen molar-refractivity contribution in [2.75, 3.05) is 6.54 Å². The number of hydrogen-bond donors (Lipinski definition) is 1. The van der Waals surface area contributed by atoms with Crippen molar-refractivity contribution in [3.05, 3.63) is 24.2 Å². The largest absolute Gasteiger partial charge is 0.439 e. The van der Waals surface area contributed by atoms with Gasteiger partial charge in [-0.15, -0.1) is 0 Å². The van der Waals surface area contributed by atoms with Crippen molar-refractivity contribution >= 4 is 11.2 Å². The Morgan fingerprint density at radius 2 is 2.40 bits per heavy atom. The number of nitrogens with two attached hydrogens (primary N) is 1. The Morgan fingerprint density at radius 1 is 1.53 bits per heavy atom. The second-order valence-corrected chi connectivity index (χ2v) is 3.71. The third kappa shape index (κ3) is 2.15. The van der Waals surface area contributed by atoms with E-state index in [4.69, 9.17) is 10.2 Å². The highest BCUT2D eigenvalue weighted by atomic mass is 16.3. The van der Waals surface area contributed by atoms with Crippen LogP contribution in [-0.2, 0) is 0 Å². The number of aromatic nitrogens is 2. The maximum absolute atomic E-state index is 5.61. The summed E-state index contributed by atoms with van der Waals surface area (Å²) in [6.07, 6.45) is 3.72. The second-order valence-electron chi connectivity index (χ2n) is 3.71. The number of pyridine rings is 1. The van der Waals surface area contributed by atoms with Gasteiger partial charge in [0, 0.05) is 12.1 Å². The van der Waals surface area contributed by atoms with E-state index in [1.807, 2.05) is 12.1 Å². The van der Waals surface area contributed by atoms with E-state index in [-0.39, 0.29) is 0 Å². The second kappa shape index (κ2) is 4.40. The van der Waals surface area contributed by atoms with Crippen LogP contribution in [0, 0.1) is 0 Å². The van der Waals surface area contributed by atoms with Crippen LogP contribution in [0.3, 0.4) is 0 Å². The van der Waals surface area contributed by atoms with Gasteiger partial charge in [0.1, 0.15) is 0 Å². The van der Waals surface area contributed by atoms with E-state index in [0.717, 1.165) is 24.3 Å². The fourth-order valence-electron chi connectivity index (χ4n) is 1.54. The van der Waals surface area contributed by atoms with Crippen LogP contribution < -0.4 is 5.73 Å². The zero-order valence-corrected chi connectivity index (χ0v) is 8.81. The van der Waals surface area contributed by atoms with E-state index in [1.165, 1.54) is 0 Å². The number of oxazole rings is 1. The summed E-state index contributed by atoms with van der Waals surface area (Å²) in [6.45, 7) is 2.81. The molecular formula is C11H15N3O. The molecule has 2 N–H and O–H groups in total. The Labute approximate surface area is 88.5 Å². The van der Waals surface area contributed by atoms with Crippen molar-refractivity contribution in [1.29, 1.82) is 0 Å². The number of rotatable bonds is 4. The standard InChI is InChI=1S/C11H15N3O/c1-8(4-2-6-12)11-14-10-9(15-11)5-3-7-13-10/h3,5,7-8H,2,4,6,12H2,1H3. The lowest BCUT2D eigenvalue weighted by atomic mass is 10.1. The number of nitrogens with zero attached hydrogens (tertiary/aromatic N) is 2. The van der Waals surface area contributed by atoms with Crippen LogP contribution in [0.2, 0.25) is 0 Å². The molecule has 2 aromatic rings. The van der Waals surface area contributed by atoms with Gasteiger partial charge in [-0.2, -0.15) is 4.98 Å². The first-order chi connectivity index (χ1) is 7.31. The highest BCUT2D eigenvalue weighted by Gasteiger charge is 2.12. The van der Waals surface area contributed by atoms with Crippen LogP contribution >= 0.6 is 0 Å². The molecule has 2 aromatic heterocycles. The quantitative estimate of drug-likeness (QED) is 0.829. The van der Waals surface area contributed by atoms with Gasteiger partial charge in [0.05, 0.1) is 0 Å². The van der Waals surface area contributed by atoms with Crippen LogP contribution in [0.15, 0.2) is 22.7 Å². The minimum absolute atomic E-state index is 0.308. The molecule has 4 nitrogen and oxygen atoms in total. The van der Waals surface area contributed by atoms with Gasteiger partial charge in [-0.25, -0.2) is 4.98 Å². The molecule has 0 spiro atoms. The van der Waals surface area contributed by atoms with Crippen LogP contribution in [0.4, 0.5) is 0 Å². The number of fused-ring (bicyclic) bond motifs is 1.